The van der Waals surface area contributed by atoms with Crippen molar-refractivity contribution in [2.45, 2.75) is 25.0 Å². The molecule has 32 heavy (non-hydrogen) atoms. The maximum atomic E-state index is 12.8. The van der Waals surface area contributed by atoms with E-state index in [1.54, 1.807) is 0 Å². The van der Waals surface area contributed by atoms with Crippen molar-refractivity contribution in [3.05, 3.63) is 21.8 Å². The molecule has 0 aliphatic rings. The van der Waals surface area contributed by atoms with Crippen LogP contribution in [0.4, 0.5) is 5.69 Å². The van der Waals surface area contributed by atoms with Crippen LogP contribution in [-0.2, 0) is 4.79 Å². The van der Waals surface area contributed by atoms with E-state index >= 15 is 0 Å². The third-order valence-corrected chi connectivity index (χ3v) is 7.29. The Bertz CT molecular complexity index is 840. The molecule has 0 aliphatic carbocycles. The van der Waals surface area contributed by atoms with Gasteiger partial charge in [-0.3, -0.25) is 14.4 Å². The van der Waals surface area contributed by atoms with Crippen molar-refractivity contribution in [3.8, 4) is 0 Å². The maximum Gasteiger partial charge on any atom is 0.253 e. The topological polar surface area (TPSA) is 188 Å². The SMILES string of the molecule is O=C(CCC(O)CO)Nc1c(I)c(C(=O)NCCO)c(I)c(C(=O)NCC(O)CO)c1I. The number of carbonyl (C=O) groups is 3. The van der Waals surface area contributed by atoms with Gasteiger partial charge < -0.3 is 41.5 Å². The molecule has 0 saturated heterocycles. The Morgan fingerprint density at radius 1 is 0.812 bits per heavy atom. The second-order valence-electron chi connectivity index (χ2n) is 6.52. The monoisotopic (exact) mass is 791 g/mol. The molecule has 0 radical (unpaired) electrons. The molecule has 1 aromatic carbocycles. The molecule has 1 rings (SSSR count). The molecule has 0 aromatic heterocycles. The van der Waals surface area contributed by atoms with E-state index < -0.39 is 43.1 Å². The predicted octanol–water partition coefficient (Wildman–Crippen LogP) is -0.623. The number of anilines is 1. The third kappa shape index (κ3) is 8.44. The summed E-state index contributed by atoms with van der Waals surface area (Å²) in [6, 6.07) is 0. The quantitative estimate of drug-likeness (QED) is 0.129. The summed E-state index contributed by atoms with van der Waals surface area (Å²) in [6.45, 7) is -1.54. The van der Waals surface area contributed by atoms with Crippen molar-refractivity contribution in [1.29, 1.82) is 0 Å². The molecule has 0 spiro atoms. The standard InChI is InChI=1S/C18H24I3N3O8/c19-13-11(17(31)22-3-4-25)14(20)16(24-10(30)2-1-8(28)6-26)15(21)12(13)18(32)23-5-9(29)7-27/h8-9,25-29H,1-7H2,(H,22,31)(H,23,32)(H,24,30). The van der Waals surface area contributed by atoms with Gasteiger partial charge in [-0.1, -0.05) is 0 Å². The normalized spacial score (nSPS) is 12.8. The van der Waals surface area contributed by atoms with Gasteiger partial charge in [0.1, 0.15) is 0 Å². The molecule has 14 heteroatoms. The van der Waals surface area contributed by atoms with Crippen molar-refractivity contribution in [1.82, 2.24) is 10.6 Å². The summed E-state index contributed by atoms with van der Waals surface area (Å²) in [6.07, 6.45) is -2.29. The minimum absolute atomic E-state index is 0.0120. The van der Waals surface area contributed by atoms with Crippen LogP contribution in [0.3, 0.4) is 0 Å². The van der Waals surface area contributed by atoms with Gasteiger partial charge in [0.2, 0.25) is 5.91 Å². The minimum Gasteiger partial charge on any atom is -0.395 e. The molecule has 2 unspecified atom stereocenters. The fourth-order valence-electron chi connectivity index (χ4n) is 2.38. The average Bonchev–Trinajstić information content (AvgIpc) is 2.76. The fraction of sp³-hybridized carbons (Fsp3) is 0.500. The highest BCUT2D eigenvalue weighted by atomic mass is 127. The first kappa shape index (κ1) is 29.7. The Morgan fingerprint density at radius 2 is 1.34 bits per heavy atom. The number of rotatable bonds is 12. The van der Waals surface area contributed by atoms with E-state index in [0.29, 0.717) is 10.7 Å². The molecular weight excluding hydrogens is 767 g/mol. The summed E-state index contributed by atoms with van der Waals surface area (Å²) in [4.78, 5) is 38.0. The van der Waals surface area contributed by atoms with Crippen molar-refractivity contribution in [2.24, 2.45) is 0 Å². The maximum absolute atomic E-state index is 12.8. The lowest BCUT2D eigenvalue weighted by Gasteiger charge is -2.20. The third-order valence-electron chi connectivity index (χ3n) is 4.06. The smallest absolute Gasteiger partial charge is 0.253 e. The van der Waals surface area contributed by atoms with Gasteiger partial charge in [0.15, 0.2) is 0 Å². The highest BCUT2D eigenvalue weighted by molar-refractivity contribution is 14.1. The predicted molar refractivity (Wildman–Crippen MR) is 140 cm³/mol. The summed E-state index contributed by atoms with van der Waals surface area (Å²) in [5, 5.41) is 53.5. The number of nitrogens with one attached hydrogen (secondary N) is 3. The van der Waals surface area contributed by atoms with E-state index in [4.69, 9.17) is 15.3 Å². The van der Waals surface area contributed by atoms with E-state index in [1.807, 2.05) is 67.8 Å². The van der Waals surface area contributed by atoms with Crippen LogP contribution >= 0.6 is 67.8 Å². The van der Waals surface area contributed by atoms with Crippen LogP contribution in [0.2, 0.25) is 0 Å². The van der Waals surface area contributed by atoms with E-state index in [1.165, 1.54) is 0 Å². The molecule has 0 heterocycles. The summed E-state index contributed by atoms with van der Waals surface area (Å²) in [5.74, 6) is -1.66. The highest BCUT2D eigenvalue weighted by Gasteiger charge is 2.28. The Hall–Kier alpha value is -0.380. The molecule has 180 valence electrons. The van der Waals surface area contributed by atoms with Gasteiger partial charge in [0.25, 0.3) is 11.8 Å². The fourth-order valence-corrected chi connectivity index (χ4v) is 6.80. The van der Waals surface area contributed by atoms with E-state index in [9.17, 15) is 24.6 Å². The van der Waals surface area contributed by atoms with Gasteiger partial charge in [-0.15, -0.1) is 0 Å². The Labute approximate surface area is 225 Å². The second-order valence-corrected chi connectivity index (χ2v) is 9.75. The number of halogens is 3. The highest BCUT2D eigenvalue weighted by Crippen LogP contribution is 2.36. The number of aliphatic hydroxyl groups is 5. The summed E-state index contributed by atoms with van der Waals surface area (Å²) in [7, 11) is 0. The molecule has 0 aliphatic heterocycles. The average molecular weight is 791 g/mol. The number of amides is 3. The van der Waals surface area contributed by atoms with Gasteiger partial charge in [0, 0.05) is 23.1 Å². The molecule has 11 nitrogen and oxygen atoms in total. The van der Waals surface area contributed by atoms with Crippen LogP contribution in [0.1, 0.15) is 33.6 Å². The van der Waals surface area contributed by atoms with E-state index in [0.717, 1.165) is 0 Å². The van der Waals surface area contributed by atoms with Crippen LogP contribution in [-0.4, -0.2) is 88.4 Å². The van der Waals surface area contributed by atoms with Crippen LogP contribution in [0, 0.1) is 10.7 Å². The molecule has 0 bridgehead atoms. The Kier molecular flexibility index (Phi) is 13.7. The molecular formula is C18H24I3N3O8. The first-order valence-electron chi connectivity index (χ1n) is 9.34. The zero-order valence-electron chi connectivity index (χ0n) is 16.7. The molecule has 1 aromatic rings. The minimum atomic E-state index is -1.16. The van der Waals surface area contributed by atoms with Crippen LogP contribution < -0.4 is 16.0 Å². The van der Waals surface area contributed by atoms with Gasteiger partial charge in [-0.2, -0.15) is 0 Å². The van der Waals surface area contributed by atoms with Crippen molar-refractivity contribution in [2.75, 3.05) is 38.2 Å². The Morgan fingerprint density at radius 3 is 1.84 bits per heavy atom. The zero-order valence-corrected chi connectivity index (χ0v) is 23.2. The summed E-state index contributed by atoms with van der Waals surface area (Å²) < 4.78 is 1.02. The lowest BCUT2D eigenvalue weighted by molar-refractivity contribution is -0.116. The summed E-state index contributed by atoms with van der Waals surface area (Å²) in [5.41, 5.74) is 0.437. The van der Waals surface area contributed by atoms with Crippen LogP contribution in [0.25, 0.3) is 0 Å². The lowest BCUT2D eigenvalue weighted by atomic mass is 10.1. The molecule has 0 saturated carbocycles. The van der Waals surface area contributed by atoms with Gasteiger partial charge in [-0.05, 0) is 74.2 Å². The van der Waals surface area contributed by atoms with Gasteiger partial charge in [0.05, 0.1) is 56.0 Å². The number of carbonyl (C=O) groups excluding carboxylic acids is 3. The van der Waals surface area contributed by atoms with Crippen molar-refractivity contribution < 1.29 is 39.9 Å². The number of benzene rings is 1. The Balaban J connectivity index is 3.41. The first-order chi connectivity index (χ1) is 15.1. The largest absolute Gasteiger partial charge is 0.395 e. The first-order valence-corrected chi connectivity index (χ1v) is 12.6. The van der Waals surface area contributed by atoms with Crippen LogP contribution in [0.5, 0.6) is 0 Å². The second kappa shape index (κ2) is 14.8. The molecule has 2 atom stereocenters. The lowest BCUT2D eigenvalue weighted by Crippen LogP contribution is -2.36. The van der Waals surface area contributed by atoms with Crippen LogP contribution in [0.15, 0.2) is 0 Å². The zero-order chi connectivity index (χ0) is 24.4. The van der Waals surface area contributed by atoms with Gasteiger partial charge >= 0.3 is 0 Å². The molecule has 0 fully saturated rings. The van der Waals surface area contributed by atoms with Crippen molar-refractivity contribution >= 4 is 91.2 Å². The number of hydrogen-bond acceptors (Lipinski definition) is 8. The van der Waals surface area contributed by atoms with E-state index in [2.05, 4.69) is 16.0 Å². The molecule has 3 amide bonds. The molecule has 8 N–H and O–H groups in total. The number of hydrogen-bond donors (Lipinski definition) is 8. The van der Waals surface area contributed by atoms with E-state index in [-0.39, 0.29) is 49.4 Å². The van der Waals surface area contributed by atoms with Gasteiger partial charge in [-0.25, -0.2) is 0 Å². The summed E-state index contributed by atoms with van der Waals surface area (Å²) >= 11 is 5.59. The van der Waals surface area contributed by atoms with Crippen molar-refractivity contribution in [3.63, 3.8) is 0 Å². The number of aliphatic hydroxyl groups excluding tert-OH is 5.